The van der Waals surface area contributed by atoms with Crippen molar-refractivity contribution in [3.8, 4) is 17.2 Å². The zero-order chi connectivity index (χ0) is 14.5. The largest absolute Gasteiger partial charge is 0.493 e. The number of aromatic nitrogens is 2. The highest BCUT2D eigenvalue weighted by atomic mass is 32.1. The van der Waals surface area contributed by atoms with Gasteiger partial charge in [-0.25, -0.2) is 0 Å². The molecular weight excluding hydrogens is 278 g/mol. The van der Waals surface area contributed by atoms with Crippen molar-refractivity contribution in [3.63, 3.8) is 0 Å². The van der Waals surface area contributed by atoms with Gasteiger partial charge >= 0.3 is 0 Å². The molecule has 1 heterocycles. The van der Waals surface area contributed by atoms with Crippen LogP contribution in [-0.4, -0.2) is 30.9 Å². The summed E-state index contributed by atoms with van der Waals surface area (Å²) in [5.41, 5.74) is 1.02. The lowest BCUT2D eigenvalue weighted by Gasteiger charge is -2.18. The number of rotatable bonds is 6. The Hall–Kier alpha value is -2.02. The lowest BCUT2D eigenvalue weighted by Crippen LogP contribution is -2.07. The average Bonchev–Trinajstić information content (AvgIpc) is 2.98. The van der Waals surface area contributed by atoms with Crippen molar-refractivity contribution >= 4 is 16.5 Å². The molecule has 0 aliphatic rings. The summed E-state index contributed by atoms with van der Waals surface area (Å²) in [7, 11) is 4.79. The van der Waals surface area contributed by atoms with Crippen molar-refractivity contribution in [2.75, 3.05) is 26.6 Å². The average molecular weight is 295 g/mol. The monoisotopic (exact) mass is 295 g/mol. The normalized spacial score (nSPS) is 11.8. The fraction of sp³-hybridized carbons (Fsp3) is 0.385. The van der Waals surface area contributed by atoms with Crippen LogP contribution in [-0.2, 0) is 0 Å². The Morgan fingerprint density at radius 2 is 1.75 bits per heavy atom. The van der Waals surface area contributed by atoms with Crippen LogP contribution < -0.4 is 19.5 Å². The van der Waals surface area contributed by atoms with E-state index in [1.165, 1.54) is 11.5 Å². The van der Waals surface area contributed by atoms with E-state index in [9.17, 15) is 0 Å². The van der Waals surface area contributed by atoms with E-state index in [2.05, 4.69) is 14.9 Å². The molecule has 0 aliphatic carbocycles. The number of nitrogens with one attached hydrogen (secondary N) is 1. The first-order chi connectivity index (χ1) is 9.69. The van der Waals surface area contributed by atoms with Gasteiger partial charge in [0, 0.05) is 17.6 Å². The zero-order valence-corrected chi connectivity index (χ0v) is 12.7. The van der Waals surface area contributed by atoms with Crippen LogP contribution in [0.2, 0.25) is 0 Å². The third-order valence-corrected chi connectivity index (χ3v) is 3.50. The molecule has 0 aliphatic heterocycles. The molecule has 20 heavy (non-hydrogen) atoms. The molecular formula is C13H17N3O3S. The second kappa shape index (κ2) is 6.42. The van der Waals surface area contributed by atoms with Gasteiger partial charge in [0.05, 0.1) is 27.5 Å². The van der Waals surface area contributed by atoms with E-state index in [0.29, 0.717) is 17.2 Å². The van der Waals surface area contributed by atoms with E-state index in [4.69, 9.17) is 14.2 Å². The molecule has 7 heteroatoms. The maximum absolute atomic E-state index is 5.35. The molecule has 108 valence electrons. The first-order valence-corrected chi connectivity index (χ1v) is 6.80. The van der Waals surface area contributed by atoms with Crippen LogP contribution in [0.1, 0.15) is 18.5 Å². The lowest BCUT2D eigenvalue weighted by molar-refractivity contribution is 0.323. The van der Waals surface area contributed by atoms with E-state index in [1.54, 1.807) is 27.5 Å². The Balaban J connectivity index is 2.31. The Labute approximate surface area is 121 Å². The molecule has 2 aromatic rings. The molecule has 1 aromatic carbocycles. The summed E-state index contributed by atoms with van der Waals surface area (Å²) in [6, 6.07) is 3.91. The summed E-state index contributed by atoms with van der Waals surface area (Å²) in [5.74, 6) is 1.86. The van der Waals surface area contributed by atoms with Crippen LogP contribution in [0.4, 0.5) is 5.00 Å². The Kier molecular flexibility index (Phi) is 4.62. The van der Waals surface area contributed by atoms with E-state index in [-0.39, 0.29) is 6.04 Å². The molecule has 0 saturated heterocycles. The third kappa shape index (κ3) is 2.93. The van der Waals surface area contributed by atoms with Gasteiger partial charge in [0.1, 0.15) is 5.00 Å². The lowest BCUT2D eigenvalue weighted by atomic mass is 10.1. The summed E-state index contributed by atoms with van der Waals surface area (Å²) >= 11 is 1.31. The maximum atomic E-state index is 5.35. The van der Waals surface area contributed by atoms with Crippen molar-refractivity contribution in [1.29, 1.82) is 0 Å². The first kappa shape index (κ1) is 14.4. The van der Waals surface area contributed by atoms with Gasteiger partial charge in [-0.1, -0.05) is 4.49 Å². The minimum atomic E-state index is 0.0611. The van der Waals surface area contributed by atoms with E-state index >= 15 is 0 Å². The summed E-state index contributed by atoms with van der Waals surface area (Å²) in [4.78, 5) is 0. The first-order valence-electron chi connectivity index (χ1n) is 6.03. The van der Waals surface area contributed by atoms with Crippen molar-refractivity contribution in [3.05, 3.63) is 23.9 Å². The molecule has 1 aromatic heterocycles. The van der Waals surface area contributed by atoms with Gasteiger partial charge in [-0.15, -0.1) is 5.10 Å². The zero-order valence-electron chi connectivity index (χ0n) is 11.8. The second-order valence-electron chi connectivity index (χ2n) is 4.11. The van der Waals surface area contributed by atoms with Gasteiger partial charge < -0.3 is 19.5 Å². The summed E-state index contributed by atoms with van der Waals surface area (Å²) in [5, 5.41) is 8.03. The Morgan fingerprint density at radius 3 is 2.20 bits per heavy atom. The Bertz CT molecular complexity index is 535. The standard InChI is InChI=1S/C13H17N3O3S/c1-8(15-12-7-14-16-20-12)9-5-10(17-2)13(19-4)11(6-9)18-3/h5-8,15H,1-4H3. The van der Waals surface area contributed by atoms with Crippen LogP contribution in [0.25, 0.3) is 0 Å². The second-order valence-corrected chi connectivity index (χ2v) is 4.89. The predicted octanol–water partition coefficient (Wildman–Crippen LogP) is 2.74. The maximum Gasteiger partial charge on any atom is 0.203 e. The highest BCUT2D eigenvalue weighted by Gasteiger charge is 2.16. The molecule has 0 saturated carbocycles. The minimum Gasteiger partial charge on any atom is -0.493 e. The van der Waals surface area contributed by atoms with Crippen LogP contribution in [0.15, 0.2) is 18.3 Å². The van der Waals surface area contributed by atoms with Gasteiger partial charge in [-0.05, 0) is 24.6 Å². The van der Waals surface area contributed by atoms with Crippen LogP contribution >= 0.6 is 11.5 Å². The molecule has 1 atom stereocenters. The number of hydrogen-bond acceptors (Lipinski definition) is 7. The number of hydrogen-bond donors (Lipinski definition) is 1. The van der Waals surface area contributed by atoms with E-state index in [1.807, 2.05) is 19.1 Å². The van der Waals surface area contributed by atoms with Gasteiger partial charge in [-0.2, -0.15) is 0 Å². The van der Waals surface area contributed by atoms with Crippen molar-refractivity contribution in [1.82, 2.24) is 9.59 Å². The summed E-state index contributed by atoms with van der Waals surface area (Å²) < 4.78 is 19.8. The molecule has 1 unspecified atom stereocenters. The van der Waals surface area contributed by atoms with Gasteiger partial charge in [0.15, 0.2) is 11.5 Å². The van der Waals surface area contributed by atoms with Crippen molar-refractivity contribution < 1.29 is 14.2 Å². The third-order valence-electron chi connectivity index (χ3n) is 2.91. The smallest absolute Gasteiger partial charge is 0.203 e. The molecule has 2 rings (SSSR count). The van der Waals surface area contributed by atoms with Crippen LogP contribution in [0.5, 0.6) is 17.2 Å². The van der Waals surface area contributed by atoms with Crippen LogP contribution in [0.3, 0.4) is 0 Å². The minimum absolute atomic E-state index is 0.0611. The topological polar surface area (TPSA) is 65.5 Å². The molecule has 0 bridgehead atoms. The highest BCUT2D eigenvalue weighted by molar-refractivity contribution is 7.09. The summed E-state index contributed by atoms with van der Waals surface area (Å²) in [6.45, 7) is 2.04. The highest BCUT2D eigenvalue weighted by Crippen LogP contribution is 2.40. The SMILES string of the molecule is COc1cc(C(C)Nc2cnns2)cc(OC)c1OC. The molecule has 0 amide bonds. The fourth-order valence-electron chi connectivity index (χ4n) is 1.88. The van der Waals surface area contributed by atoms with Crippen molar-refractivity contribution in [2.45, 2.75) is 13.0 Å². The number of anilines is 1. The van der Waals surface area contributed by atoms with Crippen LogP contribution in [0, 0.1) is 0 Å². The Morgan fingerprint density at radius 1 is 1.10 bits per heavy atom. The van der Waals surface area contributed by atoms with Gasteiger partial charge in [0.2, 0.25) is 5.75 Å². The summed E-state index contributed by atoms with van der Waals surface area (Å²) in [6.07, 6.45) is 1.69. The predicted molar refractivity (Wildman–Crippen MR) is 78.0 cm³/mol. The molecule has 0 radical (unpaired) electrons. The number of nitrogens with zero attached hydrogens (tertiary/aromatic N) is 2. The van der Waals surface area contributed by atoms with Crippen molar-refractivity contribution in [2.24, 2.45) is 0 Å². The number of methoxy groups -OCH3 is 3. The molecule has 6 nitrogen and oxygen atoms in total. The van der Waals surface area contributed by atoms with Gasteiger partial charge in [-0.3, -0.25) is 0 Å². The van der Waals surface area contributed by atoms with E-state index in [0.717, 1.165) is 10.6 Å². The number of ether oxygens (including phenoxy) is 3. The quantitative estimate of drug-likeness (QED) is 0.884. The van der Waals surface area contributed by atoms with Gasteiger partial charge in [0.25, 0.3) is 0 Å². The number of benzene rings is 1. The molecule has 1 N–H and O–H groups in total. The molecule has 0 spiro atoms. The van der Waals surface area contributed by atoms with E-state index < -0.39 is 0 Å². The fourth-order valence-corrected chi connectivity index (χ4v) is 2.38. The molecule has 0 fully saturated rings.